The van der Waals surface area contributed by atoms with Gasteiger partial charge in [0, 0.05) is 18.3 Å². The van der Waals surface area contributed by atoms with Crippen molar-refractivity contribution in [2.75, 3.05) is 11.9 Å². The first-order valence-corrected chi connectivity index (χ1v) is 10.4. The molecule has 1 aromatic carbocycles. The Morgan fingerprint density at radius 1 is 1.07 bits per heavy atom. The average molecular weight is 410 g/mol. The number of hydrogen-bond acceptors (Lipinski definition) is 3. The zero-order valence-electron chi connectivity index (χ0n) is 15.7. The Balaban J connectivity index is 1.87. The second-order valence-corrected chi connectivity index (χ2v) is 10.5. The van der Waals surface area contributed by atoms with E-state index in [4.69, 9.17) is 0 Å². The Labute approximate surface area is 157 Å². The minimum atomic E-state index is -4.73. The fourth-order valence-corrected chi connectivity index (χ4v) is 4.02. The van der Waals surface area contributed by atoms with Gasteiger partial charge < -0.3 is 5.32 Å². The Bertz CT molecular complexity index is 750. The molecule has 0 radical (unpaired) electrons. The monoisotopic (exact) mass is 410 g/mol. The van der Waals surface area contributed by atoms with Crippen LogP contribution in [0.2, 0.25) is 0 Å². The van der Waals surface area contributed by atoms with Crippen molar-refractivity contribution in [2.24, 2.45) is 5.92 Å². The molecular weight excluding hydrogens is 384 g/mol. The van der Waals surface area contributed by atoms with Gasteiger partial charge in [-0.2, -0.15) is 13.2 Å². The van der Waals surface area contributed by atoms with E-state index >= 15 is 0 Å². The first kappa shape index (κ1) is 21.9. The van der Waals surface area contributed by atoms with Crippen molar-refractivity contribution in [3.63, 3.8) is 0 Å². The standard InChI is InChI=1S/C18H26F4N2O2S/c1-17(2,3)27(25,26)24-13-6-4-12(5-7-13)11-23-14-8-9-16(19)15(10-14)18(20,21)22/h8-10,12-13,23-24H,4-7,11H2,1-3H3/t12-,13-. The molecule has 0 atom stereocenters. The molecule has 1 aromatic rings. The summed E-state index contributed by atoms with van der Waals surface area (Å²) in [6, 6.07) is 2.75. The van der Waals surface area contributed by atoms with E-state index in [0.717, 1.165) is 25.0 Å². The zero-order chi connectivity index (χ0) is 20.5. The summed E-state index contributed by atoms with van der Waals surface area (Å²) in [6.07, 6.45) is -1.85. The Kier molecular flexibility index (Phi) is 6.46. The topological polar surface area (TPSA) is 58.2 Å². The van der Waals surface area contributed by atoms with Gasteiger partial charge in [-0.1, -0.05) is 0 Å². The van der Waals surface area contributed by atoms with Crippen LogP contribution in [0.4, 0.5) is 23.2 Å². The minimum Gasteiger partial charge on any atom is -0.385 e. The summed E-state index contributed by atoms with van der Waals surface area (Å²) in [5.74, 6) is -1.07. The molecule has 0 aromatic heterocycles. The van der Waals surface area contributed by atoms with Crippen molar-refractivity contribution in [2.45, 2.75) is 63.4 Å². The van der Waals surface area contributed by atoms with Crippen LogP contribution in [0.1, 0.15) is 52.0 Å². The van der Waals surface area contributed by atoms with E-state index in [-0.39, 0.29) is 17.6 Å². The largest absolute Gasteiger partial charge is 0.419 e. The maximum absolute atomic E-state index is 13.3. The van der Waals surface area contributed by atoms with Crippen molar-refractivity contribution in [1.82, 2.24) is 4.72 Å². The Morgan fingerprint density at radius 2 is 1.67 bits per heavy atom. The molecule has 2 rings (SSSR count). The second kappa shape index (κ2) is 7.95. The fourth-order valence-electron chi connectivity index (χ4n) is 3.00. The van der Waals surface area contributed by atoms with Crippen molar-refractivity contribution >= 4 is 15.7 Å². The highest BCUT2D eigenvalue weighted by molar-refractivity contribution is 7.90. The van der Waals surface area contributed by atoms with Gasteiger partial charge in [-0.3, -0.25) is 0 Å². The fraction of sp³-hybridized carbons (Fsp3) is 0.667. The highest BCUT2D eigenvalue weighted by Crippen LogP contribution is 2.33. The molecule has 0 amide bonds. The van der Waals surface area contributed by atoms with Gasteiger partial charge in [0.25, 0.3) is 0 Å². The molecule has 0 unspecified atom stereocenters. The second-order valence-electron chi connectivity index (χ2n) is 8.02. The molecule has 1 aliphatic carbocycles. The van der Waals surface area contributed by atoms with E-state index < -0.39 is 32.3 Å². The van der Waals surface area contributed by atoms with Gasteiger partial charge in [-0.25, -0.2) is 17.5 Å². The number of anilines is 1. The van der Waals surface area contributed by atoms with Crippen LogP contribution in [0, 0.1) is 11.7 Å². The van der Waals surface area contributed by atoms with Gasteiger partial charge in [0.05, 0.1) is 10.3 Å². The van der Waals surface area contributed by atoms with E-state index in [9.17, 15) is 26.0 Å². The van der Waals surface area contributed by atoms with E-state index in [1.54, 1.807) is 20.8 Å². The molecule has 1 saturated carbocycles. The molecule has 0 spiro atoms. The van der Waals surface area contributed by atoms with Crippen LogP contribution >= 0.6 is 0 Å². The van der Waals surface area contributed by atoms with Crippen molar-refractivity contribution in [3.8, 4) is 0 Å². The molecule has 0 aliphatic heterocycles. The number of rotatable bonds is 5. The SMILES string of the molecule is CC(C)(C)S(=O)(=O)N[C@H]1CC[C@H](CNc2ccc(F)c(C(F)(F)F)c2)CC1. The van der Waals surface area contributed by atoms with E-state index in [1.807, 2.05) is 0 Å². The molecule has 27 heavy (non-hydrogen) atoms. The first-order valence-electron chi connectivity index (χ1n) is 8.92. The van der Waals surface area contributed by atoms with Crippen LogP contribution in [0.15, 0.2) is 18.2 Å². The third kappa shape index (κ3) is 5.81. The van der Waals surface area contributed by atoms with E-state index in [2.05, 4.69) is 10.0 Å². The summed E-state index contributed by atoms with van der Waals surface area (Å²) >= 11 is 0. The summed E-state index contributed by atoms with van der Waals surface area (Å²) in [6.45, 7) is 5.38. The summed E-state index contributed by atoms with van der Waals surface area (Å²) in [7, 11) is -3.40. The molecule has 1 fully saturated rings. The van der Waals surface area contributed by atoms with Crippen LogP contribution in [-0.4, -0.2) is 25.8 Å². The number of sulfonamides is 1. The van der Waals surface area contributed by atoms with Gasteiger partial charge >= 0.3 is 6.18 Å². The highest BCUT2D eigenvalue weighted by Gasteiger charge is 2.35. The van der Waals surface area contributed by atoms with E-state index in [1.165, 1.54) is 6.07 Å². The lowest BCUT2D eigenvalue weighted by Gasteiger charge is -2.31. The van der Waals surface area contributed by atoms with Gasteiger partial charge in [0.1, 0.15) is 5.82 Å². The number of alkyl halides is 3. The van der Waals surface area contributed by atoms with Crippen molar-refractivity contribution in [1.29, 1.82) is 0 Å². The molecule has 0 heterocycles. The van der Waals surface area contributed by atoms with Crippen molar-refractivity contribution in [3.05, 3.63) is 29.6 Å². The predicted octanol–water partition coefficient (Wildman–Crippen LogP) is 4.53. The predicted molar refractivity (Wildman–Crippen MR) is 97.4 cm³/mol. The number of hydrogen-bond donors (Lipinski definition) is 2. The molecule has 2 N–H and O–H groups in total. The molecule has 9 heteroatoms. The van der Waals surface area contributed by atoms with Crippen molar-refractivity contribution < 1.29 is 26.0 Å². The van der Waals surface area contributed by atoms with E-state index in [0.29, 0.717) is 19.4 Å². The number of benzene rings is 1. The van der Waals surface area contributed by atoms with Crippen LogP contribution < -0.4 is 10.0 Å². The molecular formula is C18H26F4N2O2S. The molecule has 4 nitrogen and oxygen atoms in total. The Morgan fingerprint density at radius 3 is 2.19 bits per heavy atom. The molecule has 154 valence electrons. The van der Waals surface area contributed by atoms with Crippen LogP contribution in [0.25, 0.3) is 0 Å². The quantitative estimate of drug-likeness (QED) is 0.701. The number of halogens is 4. The van der Waals surface area contributed by atoms with Crippen LogP contribution in [0.3, 0.4) is 0 Å². The lowest BCUT2D eigenvalue weighted by atomic mass is 9.86. The smallest absolute Gasteiger partial charge is 0.385 e. The average Bonchev–Trinajstić information content (AvgIpc) is 2.53. The third-order valence-electron chi connectivity index (χ3n) is 4.84. The van der Waals surface area contributed by atoms with Crippen LogP contribution in [0.5, 0.6) is 0 Å². The highest BCUT2D eigenvalue weighted by atomic mass is 32.2. The van der Waals surface area contributed by atoms with Crippen LogP contribution in [-0.2, 0) is 16.2 Å². The van der Waals surface area contributed by atoms with Gasteiger partial charge in [-0.15, -0.1) is 0 Å². The number of nitrogens with one attached hydrogen (secondary N) is 2. The minimum absolute atomic E-state index is 0.117. The summed E-state index contributed by atoms with van der Waals surface area (Å²) in [5, 5.41) is 2.94. The van der Waals surface area contributed by atoms with Gasteiger partial charge in [-0.05, 0) is 70.6 Å². The van der Waals surface area contributed by atoms with Gasteiger partial charge in [0.2, 0.25) is 10.0 Å². The summed E-state index contributed by atoms with van der Waals surface area (Å²) in [5.41, 5.74) is -1.06. The first-order chi connectivity index (χ1) is 12.3. The maximum atomic E-state index is 13.3. The normalized spacial score (nSPS) is 21.9. The third-order valence-corrected chi connectivity index (χ3v) is 7.10. The summed E-state index contributed by atoms with van der Waals surface area (Å²) in [4.78, 5) is 0. The zero-order valence-corrected chi connectivity index (χ0v) is 16.5. The molecule has 0 saturated heterocycles. The Hall–Kier alpha value is -1.35. The summed E-state index contributed by atoms with van der Waals surface area (Å²) < 4.78 is 77.9. The molecule has 1 aliphatic rings. The lowest BCUT2D eigenvalue weighted by molar-refractivity contribution is -0.139. The molecule has 0 bridgehead atoms. The van der Waals surface area contributed by atoms with Gasteiger partial charge in [0.15, 0.2) is 0 Å². The lowest BCUT2D eigenvalue weighted by Crippen LogP contribution is -2.46. The maximum Gasteiger partial charge on any atom is 0.419 e.